The van der Waals surface area contributed by atoms with Gasteiger partial charge >= 0.3 is 0 Å². The van der Waals surface area contributed by atoms with Gasteiger partial charge in [0, 0.05) is 37.1 Å². The third kappa shape index (κ3) is 5.73. The zero-order valence-electron chi connectivity index (χ0n) is 21.0. The molecular weight excluding hydrogens is 608 g/mol. The lowest BCUT2D eigenvalue weighted by atomic mass is 9.99. The van der Waals surface area contributed by atoms with Crippen LogP contribution < -0.4 is 4.90 Å². The summed E-state index contributed by atoms with van der Waals surface area (Å²) in [6.07, 6.45) is 0. The molecule has 0 saturated heterocycles. The SMILES string of the molecule is Brc1ccc(-c2cc(-c3ccc(N(c4ccccc4)c4ccccc4)cc3)cc(-c3ccc(Br)cc3)n2)cc1. The smallest absolute Gasteiger partial charge is 0.0715 e. The van der Waals surface area contributed by atoms with Gasteiger partial charge in [-0.3, -0.25) is 0 Å². The molecule has 0 atom stereocenters. The molecule has 0 bridgehead atoms. The molecule has 2 nitrogen and oxygen atoms in total. The van der Waals surface area contributed by atoms with E-state index in [4.69, 9.17) is 4.98 Å². The van der Waals surface area contributed by atoms with Crippen LogP contribution in [0.5, 0.6) is 0 Å². The summed E-state index contributed by atoms with van der Waals surface area (Å²) in [7, 11) is 0. The molecule has 188 valence electrons. The summed E-state index contributed by atoms with van der Waals surface area (Å²) in [5.41, 5.74) is 9.65. The summed E-state index contributed by atoms with van der Waals surface area (Å²) in [5, 5.41) is 0. The average Bonchev–Trinajstić information content (AvgIpc) is 2.99. The van der Waals surface area contributed by atoms with Gasteiger partial charge < -0.3 is 4.90 Å². The number of halogens is 2. The van der Waals surface area contributed by atoms with Gasteiger partial charge in [-0.2, -0.15) is 0 Å². The largest absolute Gasteiger partial charge is 0.311 e. The average molecular weight is 632 g/mol. The summed E-state index contributed by atoms with van der Waals surface area (Å²) < 4.78 is 2.10. The summed E-state index contributed by atoms with van der Waals surface area (Å²) in [6.45, 7) is 0. The predicted molar refractivity (Wildman–Crippen MR) is 171 cm³/mol. The number of hydrogen-bond acceptors (Lipinski definition) is 2. The maximum absolute atomic E-state index is 5.05. The zero-order valence-corrected chi connectivity index (χ0v) is 24.2. The molecule has 1 heterocycles. The summed E-state index contributed by atoms with van der Waals surface area (Å²) in [6, 6.07) is 50.7. The van der Waals surface area contributed by atoms with Crippen LogP contribution in [0.25, 0.3) is 33.6 Å². The van der Waals surface area contributed by atoms with Crippen molar-refractivity contribution < 1.29 is 0 Å². The highest BCUT2D eigenvalue weighted by atomic mass is 79.9. The van der Waals surface area contributed by atoms with Crippen LogP contribution in [0.4, 0.5) is 17.1 Å². The van der Waals surface area contributed by atoms with E-state index in [1.54, 1.807) is 0 Å². The molecule has 5 aromatic carbocycles. The van der Waals surface area contributed by atoms with Crippen LogP contribution in [0.3, 0.4) is 0 Å². The lowest BCUT2D eigenvalue weighted by Gasteiger charge is -2.25. The molecule has 0 unspecified atom stereocenters. The van der Waals surface area contributed by atoms with Crippen LogP contribution in [0.2, 0.25) is 0 Å². The molecular formula is C35H24Br2N2. The van der Waals surface area contributed by atoms with Gasteiger partial charge in [0.25, 0.3) is 0 Å². The fraction of sp³-hybridized carbons (Fsp3) is 0. The first-order valence-electron chi connectivity index (χ1n) is 12.7. The van der Waals surface area contributed by atoms with Gasteiger partial charge in [-0.15, -0.1) is 0 Å². The number of benzene rings is 5. The third-order valence-electron chi connectivity index (χ3n) is 6.59. The molecule has 1 aromatic heterocycles. The molecule has 4 heteroatoms. The Labute approximate surface area is 245 Å². The van der Waals surface area contributed by atoms with Crippen molar-refractivity contribution in [2.24, 2.45) is 0 Å². The molecule has 0 aliphatic rings. The maximum Gasteiger partial charge on any atom is 0.0715 e. The highest BCUT2D eigenvalue weighted by Crippen LogP contribution is 2.36. The van der Waals surface area contributed by atoms with Gasteiger partial charge in [0.15, 0.2) is 0 Å². The number of hydrogen-bond donors (Lipinski definition) is 0. The quantitative estimate of drug-likeness (QED) is 0.182. The van der Waals surface area contributed by atoms with Crippen molar-refractivity contribution in [3.05, 3.63) is 155 Å². The number of pyridine rings is 1. The third-order valence-corrected chi connectivity index (χ3v) is 7.65. The molecule has 6 rings (SSSR count). The van der Waals surface area contributed by atoms with Gasteiger partial charge in [0.05, 0.1) is 11.4 Å². The van der Waals surface area contributed by atoms with Crippen molar-refractivity contribution in [1.29, 1.82) is 0 Å². The molecule has 0 radical (unpaired) electrons. The van der Waals surface area contributed by atoms with E-state index in [9.17, 15) is 0 Å². The molecule has 6 aromatic rings. The van der Waals surface area contributed by atoms with Crippen LogP contribution in [-0.4, -0.2) is 4.98 Å². The van der Waals surface area contributed by atoms with Crippen LogP contribution in [0, 0.1) is 0 Å². The lowest BCUT2D eigenvalue weighted by Crippen LogP contribution is -2.09. The second-order valence-corrected chi connectivity index (χ2v) is 11.0. The van der Waals surface area contributed by atoms with Crippen molar-refractivity contribution >= 4 is 48.9 Å². The fourth-order valence-electron chi connectivity index (χ4n) is 4.64. The Kier molecular flexibility index (Phi) is 7.40. The monoisotopic (exact) mass is 630 g/mol. The predicted octanol–water partition coefficient (Wildman–Crippen LogP) is 11.1. The van der Waals surface area contributed by atoms with Gasteiger partial charge in [-0.05, 0) is 83.9 Å². The lowest BCUT2D eigenvalue weighted by molar-refractivity contribution is 1.28. The number of nitrogens with zero attached hydrogens (tertiary/aromatic N) is 2. The Hall–Kier alpha value is -3.99. The number of rotatable bonds is 6. The normalized spacial score (nSPS) is 10.8. The number of anilines is 3. The topological polar surface area (TPSA) is 16.1 Å². The van der Waals surface area contributed by atoms with Gasteiger partial charge in [-0.1, -0.05) is 105 Å². The Bertz CT molecular complexity index is 1580. The van der Waals surface area contributed by atoms with E-state index in [-0.39, 0.29) is 0 Å². The Balaban J connectivity index is 1.43. The molecule has 0 aliphatic heterocycles. The van der Waals surface area contributed by atoms with Crippen molar-refractivity contribution in [3.8, 4) is 33.6 Å². The van der Waals surface area contributed by atoms with E-state index in [0.29, 0.717) is 0 Å². The highest BCUT2D eigenvalue weighted by molar-refractivity contribution is 9.10. The van der Waals surface area contributed by atoms with Gasteiger partial charge in [-0.25, -0.2) is 4.98 Å². The van der Waals surface area contributed by atoms with Crippen LogP contribution in [-0.2, 0) is 0 Å². The van der Waals surface area contributed by atoms with Gasteiger partial charge in [0.2, 0.25) is 0 Å². The minimum absolute atomic E-state index is 0.942. The van der Waals surface area contributed by atoms with E-state index in [0.717, 1.165) is 59.6 Å². The Morgan fingerprint density at radius 2 is 0.769 bits per heavy atom. The summed E-state index contributed by atoms with van der Waals surface area (Å²) in [5.74, 6) is 0. The first-order chi connectivity index (χ1) is 19.1. The molecule has 0 spiro atoms. The molecule has 39 heavy (non-hydrogen) atoms. The Morgan fingerprint density at radius 1 is 0.385 bits per heavy atom. The molecule has 0 saturated carbocycles. The number of aromatic nitrogens is 1. The van der Waals surface area contributed by atoms with Crippen molar-refractivity contribution in [1.82, 2.24) is 4.98 Å². The minimum Gasteiger partial charge on any atom is -0.311 e. The van der Waals surface area contributed by atoms with Crippen LogP contribution in [0.15, 0.2) is 155 Å². The second-order valence-electron chi connectivity index (χ2n) is 9.19. The molecule has 0 amide bonds. The second kappa shape index (κ2) is 11.4. The van der Waals surface area contributed by atoms with E-state index in [2.05, 4.69) is 170 Å². The summed E-state index contributed by atoms with van der Waals surface area (Å²) >= 11 is 7.10. The van der Waals surface area contributed by atoms with E-state index in [1.165, 1.54) is 0 Å². The standard InChI is InChI=1S/C35H24Br2N2/c36-29-17-11-26(12-18-29)34-23-28(24-35(38-34)27-13-19-30(37)20-14-27)25-15-21-33(22-16-25)39(31-7-3-1-4-8-31)32-9-5-2-6-10-32/h1-24H. The fourth-order valence-corrected chi connectivity index (χ4v) is 5.17. The Morgan fingerprint density at radius 3 is 1.21 bits per heavy atom. The first kappa shape index (κ1) is 25.3. The first-order valence-corrected chi connectivity index (χ1v) is 14.3. The van der Waals surface area contributed by atoms with Crippen LogP contribution in [0.1, 0.15) is 0 Å². The van der Waals surface area contributed by atoms with Crippen LogP contribution >= 0.6 is 31.9 Å². The highest BCUT2D eigenvalue weighted by Gasteiger charge is 2.13. The van der Waals surface area contributed by atoms with E-state index < -0.39 is 0 Å². The van der Waals surface area contributed by atoms with Crippen molar-refractivity contribution in [2.75, 3.05) is 4.90 Å². The maximum atomic E-state index is 5.05. The molecule has 0 fully saturated rings. The van der Waals surface area contributed by atoms with Crippen molar-refractivity contribution in [2.45, 2.75) is 0 Å². The summed E-state index contributed by atoms with van der Waals surface area (Å²) in [4.78, 5) is 7.32. The molecule has 0 aliphatic carbocycles. The number of para-hydroxylation sites is 2. The van der Waals surface area contributed by atoms with E-state index in [1.807, 2.05) is 12.1 Å². The molecule has 0 N–H and O–H groups in total. The van der Waals surface area contributed by atoms with Gasteiger partial charge in [0.1, 0.15) is 0 Å². The minimum atomic E-state index is 0.942. The zero-order chi connectivity index (χ0) is 26.6. The van der Waals surface area contributed by atoms with Crippen molar-refractivity contribution in [3.63, 3.8) is 0 Å². The van der Waals surface area contributed by atoms with E-state index >= 15 is 0 Å².